The summed E-state index contributed by atoms with van der Waals surface area (Å²) in [6.07, 6.45) is 2.11. The number of hydrogen-bond acceptors (Lipinski definition) is 1. The molecule has 0 fully saturated rings. The van der Waals surface area contributed by atoms with Crippen LogP contribution in [0, 0.1) is 0 Å². The van der Waals surface area contributed by atoms with Gasteiger partial charge >= 0.3 is 0 Å². The van der Waals surface area contributed by atoms with Crippen LogP contribution in [0.5, 0.6) is 0 Å². The predicted octanol–water partition coefficient (Wildman–Crippen LogP) is 2.72. The van der Waals surface area contributed by atoms with Gasteiger partial charge in [0.25, 0.3) is 0 Å². The second-order valence-corrected chi connectivity index (χ2v) is 7.07. The average molecular weight is 223 g/mol. The number of allylic oxidation sites excluding steroid dienone is 1. The van der Waals surface area contributed by atoms with Crippen LogP contribution in [0.15, 0.2) is 11.8 Å². The minimum absolute atomic E-state index is 0.825. The van der Waals surface area contributed by atoms with Crippen LogP contribution >= 0.6 is 15.9 Å². The molecule has 60 valence electrons. The standard InChI is InChI=1S/C7H15BrOSi/c1-4-9-10(2,3)7-5-6-8/h5,7H,4,6H2,1-3H3. The Morgan fingerprint density at radius 1 is 1.50 bits per heavy atom. The number of rotatable bonds is 4. The molecule has 0 N–H and O–H groups in total. The van der Waals surface area contributed by atoms with E-state index in [1.54, 1.807) is 0 Å². The maximum absolute atomic E-state index is 5.56. The van der Waals surface area contributed by atoms with Gasteiger partial charge in [-0.25, -0.2) is 0 Å². The molecule has 0 unspecified atom stereocenters. The van der Waals surface area contributed by atoms with Crippen molar-refractivity contribution in [2.45, 2.75) is 20.0 Å². The average Bonchev–Trinajstić information content (AvgIpc) is 1.84. The summed E-state index contributed by atoms with van der Waals surface area (Å²) in [4.78, 5) is 0. The quantitative estimate of drug-likeness (QED) is 0.526. The van der Waals surface area contributed by atoms with E-state index in [2.05, 4.69) is 40.8 Å². The van der Waals surface area contributed by atoms with Crippen LogP contribution < -0.4 is 0 Å². The van der Waals surface area contributed by atoms with Gasteiger partial charge in [0, 0.05) is 11.9 Å². The molecule has 0 aromatic carbocycles. The SMILES string of the molecule is CCO[Si](C)(C)C=CCBr. The molecule has 0 saturated carbocycles. The normalized spacial score (nSPS) is 12.8. The van der Waals surface area contributed by atoms with Crippen molar-refractivity contribution in [2.75, 3.05) is 11.9 Å². The fourth-order valence-electron chi connectivity index (χ4n) is 0.748. The molecule has 10 heavy (non-hydrogen) atoms. The van der Waals surface area contributed by atoms with Crippen LogP contribution in [0.3, 0.4) is 0 Å². The van der Waals surface area contributed by atoms with Gasteiger partial charge in [0.2, 0.25) is 8.32 Å². The van der Waals surface area contributed by atoms with E-state index in [1.165, 1.54) is 0 Å². The summed E-state index contributed by atoms with van der Waals surface area (Å²) in [6, 6.07) is 0. The maximum Gasteiger partial charge on any atom is 0.210 e. The maximum atomic E-state index is 5.56. The molecule has 1 nitrogen and oxygen atoms in total. The molecule has 0 aliphatic rings. The van der Waals surface area contributed by atoms with Gasteiger partial charge in [-0.2, -0.15) is 0 Å². The molecule has 0 rings (SSSR count). The van der Waals surface area contributed by atoms with Crippen molar-refractivity contribution in [3.05, 3.63) is 11.8 Å². The lowest BCUT2D eigenvalue weighted by molar-refractivity contribution is 0.338. The highest BCUT2D eigenvalue weighted by molar-refractivity contribution is 9.09. The van der Waals surface area contributed by atoms with E-state index in [0.29, 0.717) is 0 Å². The first-order valence-corrected chi connectivity index (χ1v) is 7.60. The lowest BCUT2D eigenvalue weighted by Crippen LogP contribution is -2.27. The van der Waals surface area contributed by atoms with Crippen molar-refractivity contribution in [3.63, 3.8) is 0 Å². The zero-order valence-corrected chi connectivity index (χ0v) is 9.44. The van der Waals surface area contributed by atoms with E-state index in [-0.39, 0.29) is 0 Å². The van der Waals surface area contributed by atoms with Crippen molar-refractivity contribution >= 4 is 24.2 Å². The topological polar surface area (TPSA) is 9.23 Å². The van der Waals surface area contributed by atoms with Crippen LogP contribution in [-0.4, -0.2) is 20.3 Å². The third-order valence-corrected chi connectivity index (χ3v) is 3.57. The van der Waals surface area contributed by atoms with Crippen molar-refractivity contribution in [1.29, 1.82) is 0 Å². The van der Waals surface area contributed by atoms with Gasteiger partial charge in [-0.05, 0) is 20.0 Å². The number of halogens is 1. The van der Waals surface area contributed by atoms with E-state index < -0.39 is 8.32 Å². The first-order chi connectivity index (χ1) is 4.62. The third-order valence-electron chi connectivity index (χ3n) is 1.12. The van der Waals surface area contributed by atoms with Crippen LogP contribution in [0.2, 0.25) is 13.1 Å². The first-order valence-electron chi connectivity index (χ1n) is 3.50. The largest absolute Gasteiger partial charge is 0.414 e. The molecule has 0 heterocycles. The molecule has 0 radical (unpaired) electrons. The molecule has 0 amide bonds. The molecule has 0 atom stereocenters. The van der Waals surface area contributed by atoms with Gasteiger partial charge in [0.15, 0.2) is 0 Å². The Bertz CT molecular complexity index is 112. The van der Waals surface area contributed by atoms with Gasteiger partial charge < -0.3 is 4.43 Å². The van der Waals surface area contributed by atoms with Gasteiger partial charge in [-0.1, -0.05) is 27.7 Å². The predicted molar refractivity (Wildman–Crippen MR) is 52.0 cm³/mol. The van der Waals surface area contributed by atoms with Crippen molar-refractivity contribution in [2.24, 2.45) is 0 Å². The van der Waals surface area contributed by atoms with E-state index in [1.807, 2.05) is 6.92 Å². The highest BCUT2D eigenvalue weighted by Crippen LogP contribution is 2.05. The molecule has 0 aliphatic carbocycles. The third kappa shape index (κ3) is 5.20. The van der Waals surface area contributed by atoms with E-state index in [0.717, 1.165) is 11.9 Å². The Labute approximate surface area is 72.7 Å². The van der Waals surface area contributed by atoms with Crippen LogP contribution in [0.1, 0.15) is 6.92 Å². The Balaban J connectivity index is 3.73. The minimum atomic E-state index is -1.43. The van der Waals surface area contributed by atoms with Gasteiger partial charge in [-0.15, -0.1) is 0 Å². The second kappa shape index (κ2) is 5.10. The minimum Gasteiger partial charge on any atom is -0.414 e. The molecule has 0 aromatic rings. The summed E-state index contributed by atoms with van der Waals surface area (Å²) in [7, 11) is -1.43. The summed E-state index contributed by atoms with van der Waals surface area (Å²) in [5, 5.41) is 0.927. The van der Waals surface area contributed by atoms with Crippen molar-refractivity contribution in [1.82, 2.24) is 0 Å². The van der Waals surface area contributed by atoms with E-state index >= 15 is 0 Å². The summed E-state index contributed by atoms with van der Waals surface area (Å²) < 4.78 is 5.56. The summed E-state index contributed by atoms with van der Waals surface area (Å²) in [6.45, 7) is 7.24. The van der Waals surface area contributed by atoms with Crippen LogP contribution in [-0.2, 0) is 4.43 Å². The number of alkyl halides is 1. The molecular weight excluding hydrogens is 208 g/mol. The molecule has 3 heteroatoms. The molecular formula is C7H15BrOSi. The van der Waals surface area contributed by atoms with Crippen LogP contribution in [0.25, 0.3) is 0 Å². The van der Waals surface area contributed by atoms with Gasteiger partial charge in [0.05, 0.1) is 0 Å². The fourth-order valence-corrected chi connectivity index (χ4v) is 2.81. The Morgan fingerprint density at radius 3 is 2.50 bits per heavy atom. The fraction of sp³-hybridized carbons (Fsp3) is 0.714. The van der Waals surface area contributed by atoms with Crippen molar-refractivity contribution in [3.8, 4) is 0 Å². The Morgan fingerprint density at radius 2 is 2.10 bits per heavy atom. The van der Waals surface area contributed by atoms with Crippen LogP contribution in [0.4, 0.5) is 0 Å². The first kappa shape index (κ1) is 10.4. The lowest BCUT2D eigenvalue weighted by Gasteiger charge is -2.16. The Hall–Kier alpha value is 0.397. The lowest BCUT2D eigenvalue weighted by atomic mass is 10.8. The highest BCUT2D eigenvalue weighted by atomic mass is 79.9. The molecule has 0 saturated heterocycles. The molecule has 0 bridgehead atoms. The molecule has 0 aliphatic heterocycles. The van der Waals surface area contributed by atoms with E-state index in [9.17, 15) is 0 Å². The van der Waals surface area contributed by atoms with Crippen molar-refractivity contribution < 1.29 is 4.43 Å². The number of hydrogen-bond donors (Lipinski definition) is 0. The highest BCUT2D eigenvalue weighted by Gasteiger charge is 2.16. The second-order valence-electron chi connectivity index (χ2n) is 2.59. The summed E-state index contributed by atoms with van der Waals surface area (Å²) in [5.74, 6) is 0. The van der Waals surface area contributed by atoms with Gasteiger partial charge in [-0.3, -0.25) is 0 Å². The molecule has 0 aromatic heterocycles. The smallest absolute Gasteiger partial charge is 0.210 e. The zero-order valence-electron chi connectivity index (χ0n) is 6.86. The summed E-state index contributed by atoms with van der Waals surface area (Å²) >= 11 is 3.33. The summed E-state index contributed by atoms with van der Waals surface area (Å²) in [5.41, 5.74) is 2.20. The Kier molecular flexibility index (Phi) is 5.30. The van der Waals surface area contributed by atoms with E-state index in [4.69, 9.17) is 4.43 Å². The molecule has 0 spiro atoms. The van der Waals surface area contributed by atoms with Gasteiger partial charge in [0.1, 0.15) is 0 Å². The monoisotopic (exact) mass is 222 g/mol. The zero-order chi connectivity index (χ0) is 8.04.